The van der Waals surface area contributed by atoms with E-state index in [9.17, 15) is 0 Å². The first kappa shape index (κ1) is 10.9. The van der Waals surface area contributed by atoms with Crippen LogP contribution in [-0.2, 0) is 6.54 Å². The van der Waals surface area contributed by atoms with Gasteiger partial charge in [0.1, 0.15) is 5.15 Å². The molecule has 1 fully saturated rings. The molecule has 0 saturated carbocycles. The van der Waals surface area contributed by atoms with Gasteiger partial charge in [-0.2, -0.15) is 0 Å². The van der Waals surface area contributed by atoms with E-state index in [-0.39, 0.29) is 0 Å². The van der Waals surface area contributed by atoms with E-state index in [0.29, 0.717) is 11.2 Å². The summed E-state index contributed by atoms with van der Waals surface area (Å²) in [4.78, 5) is 6.52. The van der Waals surface area contributed by atoms with Crippen LogP contribution in [0.3, 0.4) is 0 Å². The molecule has 15 heavy (non-hydrogen) atoms. The molecule has 1 atom stereocenters. The minimum Gasteiger partial charge on any atom is -0.314 e. The molecule has 0 aromatic carbocycles. The Morgan fingerprint density at radius 2 is 2.53 bits per heavy atom. The maximum Gasteiger partial charge on any atom is 0.133 e. The van der Waals surface area contributed by atoms with Crippen LogP contribution in [0.5, 0.6) is 0 Å². The summed E-state index contributed by atoms with van der Waals surface area (Å²) in [5.41, 5.74) is 1.12. The normalized spacial score (nSPS) is 22.9. The molecule has 4 heteroatoms. The largest absolute Gasteiger partial charge is 0.314 e. The quantitative estimate of drug-likeness (QED) is 0.774. The first-order valence-electron chi connectivity index (χ1n) is 5.31. The Hall–Kier alpha value is -0.640. The minimum atomic E-state index is 0.565. The van der Waals surface area contributed by atoms with Crippen LogP contribution in [0.15, 0.2) is 18.3 Å². The summed E-state index contributed by atoms with van der Waals surface area (Å²) in [7, 11) is 0. The highest BCUT2D eigenvalue weighted by molar-refractivity contribution is 6.30. The lowest BCUT2D eigenvalue weighted by Gasteiger charge is -2.33. The van der Waals surface area contributed by atoms with Crippen molar-refractivity contribution < 1.29 is 0 Å². The standard InChI is InChI=1S/C11H16ClN3/c1-9-7-13-5-6-15(9)8-10-3-2-4-14-11(10)12/h2-4,9,13H,5-8H2,1H3/t9-/m1/s1. The van der Waals surface area contributed by atoms with Crippen LogP contribution in [0.2, 0.25) is 5.15 Å². The number of hydrogen-bond acceptors (Lipinski definition) is 3. The second-order valence-electron chi connectivity index (χ2n) is 3.98. The zero-order valence-corrected chi connectivity index (χ0v) is 9.67. The molecule has 1 aliphatic rings. The number of rotatable bonds is 2. The molecule has 3 nitrogen and oxygen atoms in total. The third-order valence-electron chi connectivity index (χ3n) is 2.85. The van der Waals surface area contributed by atoms with Gasteiger partial charge in [-0.1, -0.05) is 17.7 Å². The molecule has 2 heterocycles. The van der Waals surface area contributed by atoms with Crippen molar-refractivity contribution in [1.82, 2.24) is 15.2 Å². The summed E-state index contributed by atoms with van der Waals surface area (Å²) in [6, 6.07) is 4.55. The molecular formula is C11H16ClN3. The van der Waals surface area contributed by atoms with Crippen LogP contribution in [0, 0.1) is 0 Å². The molecule has 0 spiro atoms. The van der Waals surface area contributed by atoms with Crippen LogP contribution in [0.1, 0.15) is 12.5 Å². The zero-order valence-electron chi connectivity index (χ0n) is 8.91. The second kappa shape index (κ2) is 4.92. The van der Waals surface area contributed by atoms with Gasteiger partial charge >= 0.3 is 0 Å². The Kier molecular flexibility index (Phi) is 3.57. The Morgan fingerprint density at radius 3 is 3.27 bits per heavy atom. The van der Waals surface area contributed by atoms with Gasteiger partial charge in [0.15, 0.2) is 0 Å². The van der Waals surface area contributed by atoms with Crippen LogP contribution in [0.4, 0.5) is 0 Å². The fraction of sp³-hybridized carbons (Fsp3) is 0.545. The van der Waals surface area contributed by atoms with E-state index in [2.05, 4.69) is 22.1 Å². The Morgan fingerprint density at radius 1 is 1.67 bits per heavy atom. The van der Waals surface area contributed by atoms with E-state index in [0.717, 1.165) is 31.7 Å². The molecule has 0 aliphatic carbocycles. The van der Waals surface area contributed by atoms with Crippen molar-refractivity contribution in [2.24, 2.45) is 0 Å². The molecule has 82 valence electrons. The molecular weight excluding hydrogens is 210 g/mol. The van der Waals surface area contributed by atoms with Crippen molar-refractivity contribution in [3.05, 3.63) is 29.0 Å². The number of piperazine rings is 1. The second-order valence-corrected chi connectivity index (χ2v) is 4.33. The molecule has 0 unspecified atom stereocenters. The maximum absolute atomic E-state index is 6.04. The lowest BCUT2D eigenvalue weighted by atomic mass is 10.2. The number of aromatic nitrogens is 1. The van der Waals surface area contributed by atoms with Gasteiger partial charge in [-0.05, 0) is 13.0 Å². The highest BCUT2D eigenvalue weighted by atomic mass is 35.5. The maximum atomic E-state index is 6.04. The summed E-state index contributed by atoms with van der Waals surface area (Å²) >= 11 is 6.04. The van der Waals surface area contributed by atoms with Crippen molar-refractivity contribution in [3.8, 4) is 0 Å². The molecule has 1 aromatic rings. The van der Waals surface area contributed by atoms with Crippen molar-refractivity contribution >= 4 is 11.6 Å². The van der Waals surface area contributed by atoms with Crippen LogP contribution < -0.4 is 5.32 Å². The highest BCUT2D eigenvalue weighted by Gasteiger charge is 2.18. The van der Waals surface area contributed by atoms with Gasteiger partial charge in [-0.25, -0.2) is 4.98 Å². The first-order chi connectivity index (χ1) is 7.27. The molecule has 2 rings (SSSR count). The zero-order chi connectivity index (χ0) is 10.7. The van der Waals surface area contributed by atoms with Crippen molar-refractivity contribution in [2.75, 3.05) is 19.6 Å². The lowest BCUT2D eigenvalue weighted by Crippen LogP contribution is -2.49. The molecule has 1 N–H and O–H groups in total. The SMILES string of the molecule is C[C@@H]1CNCCN1Cc1cccnc1Cl. The number of nitrogens with zero attached hydrogens (tertiary/aromatic N) is 2. The summed E-state index contributed by atoms with van der Waals surface area (Å²) in [5, 5.41) is 4.00. The molecule has 1 saturated heterocycles. The Labute approximate surface area is 95.4 Å². The van der Waals surface area contributed by atoms with Crippen LogP contribution in [0.25, 0.3) is 0 Å². The van der Waals surface area contributed by atoms with Gasteiger partial charge < -0.3 is 5.32 Å². The monoisotopic (exact) mass is 225 g/mol. The Bertz CT molecular complexity index is 329. The molecule has 0 radical (unpaired) electrons. The van der Waals surface area contributed by atoms with Gasteiger partial charge in [0.2, 0.25) is 0 Å². The lowest BCUT2D eigenvalue weighted by molar-refractivity contribution is 0.165. The Balaban J connectivity index is 2.04. The average molecular weight is 226 g/mol. The van der Waals surface area contributed by atoms with E-state index in [4.69, 9.17) is 11.6 Å². The highest BCUT2D eigenvalue weighted by Crippen LogP contribution is 2.16. The van der Waals surface area contributed by atoms with E-state index in [1.54, 1.807) is 6.20 Å². The summed E-state index contributed by atoms with van der Waals surface area (Å²) < 4.78 is 0. The van der Waals surface area contributed by atoms with Crippen molar-refractivity contribution in [1.29, 1.82) is 0 Å². The van der Waals surface area contributed by atoms with Gasteiger partial charge in [0.05, 0.1) is 0 Å². The van der Waals surface area contributed by atoms with Crippen molar-refractivity contribution in [3.63, 3.8) is 0 Å². The number of nitrogens with one attached hydrogen (secondary N) is 1. The van der Waals surface area contributed by atoms with Gasteiger partial charge in [0.25, 0.3) is 0 Å². The van der Waals surface area contributed by atoms with E-state index in [1.807, 2.05) is 12.1 Å². The minimum absolute atomic E-state index is 0.565. The predicted octanol–water partition coefficient (Wildman–Crippen LogP) is 1.53. The average Bonchev–Trinajstić information content (AvgIpc) is 2.24. The first-order valence-corrected chi connectivity index (χ1v) is 5.69. The smallest absolute Gasteiger partial charge is 0.133 e. The fourth-order valence-corrected chi connectivity index (χ4v) is 2.05. The van der Waals surface area contributed by atoms with E-state index in [1.165, 1.54) is 0 Å². The van der Waals surface area contributed by atoms with Crippen molar-refractivity contribution in [2.45, 2.75) is 19.5 Å². The van der Waals surface area contributed by atoms with Crippen LogP contribution >= 0.6 is 11.6 Å². The number of halogens is 1. The van der Waals surface area contributed by atoms with Gasteiger partial charge in [0, 0.05) is 44.0 Å². The molecule has 0 bridgehead atoms. The van der Waals surface area contributed by atoms with Gasteiger partial charge in [-0.15, -0.1) is 0 Å². The molecule has 1 aliphatic heterocycles. The third-order valence-corrected chi connectivity index (χ3v) is 3.19. The molecule has 1 aromatic heterocycles. The topological polar surface area (TPSA) is 28.2 Å². The molecule has 0 amide bonds. The van der Waals surface area contributed by atoms with Gasteiger partial charge in [-0.3, -0.25) is 4.90 Å². The van der Waals surface area contributed by atoms with Crippen LogP contribution in [-0.4, -0.2) is 35.6 Å². The number of hydrogen-bond donors (Lipinski definition) is 1. The summed E-state index contributed by atoms with van der Waals surface area (Å²) in [6.45, 7) is 6.32. The summed E-state index contributed by atoms with van der Waals surface area (Å²) in [5.74, 6) is 0. The van der Waals surface area contributed by atoms with E-state index >= 15 is 0 Å². The third kappa shape index (κ3) is 2.68. The summed E-state index contributed by atoms with van der Waals surface area (Å²) in [6.07, 6.45) is 1.73. The predicted molar refractivity (Wildman–Crippen MR) is 62.0 cm³/mol. The fourth-order valence-electron chi connectivity index (χ4n) is 1.87. The van der Waals surface area contributed by atoms with E-state index < -0.39 is 0 Å². The number of pyridine rings is 1.